The van der Waals surface area contributed by atoms with Crippen LogP contribution < -0.4 is 5.32 Å². The molecule has 5 nitrogen and oxygen atoms in total. The molecule has 1 atom stereocenters. The Kier molecular flexibility index (Phi) is 3.65. The first kappa shape index (κ1) is 15.6. The van der Waals surface area contributed by atoms with Crippen LogP contribution in [0, 0.1) is 23.2 Å². The lowest BCUT2D eigenvalue weighted by molar-refractivity contribution is -0.163. The summed E-state index contributed by atoms with van der Waals surface area (Å²) in [5.41, 5.74) is -0.475. The molecule has 2 N–H and O–H groups in total. The molecule has 124 valence electrons. The zero-order chi connectivity index (χ0) is 16.1. The van der Waals surface area contributed by atoms with Gasteiger partial charge in [0.1, 0.15) is 11.6 Å². The first-order chi connectivity index (χ1) is 10.2. The van der Waals surface area contributed by atoms with Crippen LogP contribution in [0.25, 0.3) is 0 Å². The van der Waals surface area contributed by atoms with E-state index in [-0.39, 0.29) is 5.41 Å². The molecule has 0 aromatic heterocycles. The van der Waals surface area contributed by atoms with Crippen molar-refractivity contribution < 1.29 is 19.4 Å². The van der Waals surface area contributed by atoms with E-state index in [9.17, 15) is 9.59 Å². The van der Waals surface area contributed by atoms with Gasteiger partial charge in [0.05, 0.1) is 0 Å². The third-order valence-corrected chi connectivity index (χ3v) is 6.37. The zero-order valence-electron chi connectivity index (χ0n) is 13.7. The lowest BCUT2D eigenvalue weighted by Crippen LogP contribution is -2.58. The van der Waals surface area contributed by atoms with E-state index in [1.54, 1.807) is 0 Å². The van der Waals surface area contributed by atoms with Crippen LogP contribution in [0.3, 0.4) is 0 Å². The Morgan fingerprint density at radius 2 is 1.59 bits per heavy atom. The molecule has 0 radical (unpaired) electrons. The number of amides is 1. The molecule has 4 aliphatic carbocycles. The van der Waals surface area contributed by atoms with Gasteiger partial charge in [0.2, 0.25) is 0 Å². The van der Waals surface area contributed by atoms with Crippen LogP contribution in [0.5, 0.6) is 0 Å². The van der Waals surface area contributed by atoms with Crippen molar-refractivity contribution in [2.45, 2.75) is 70.9 Å². The number of hydrogen-bond acceptors (Lipinski definition) is 3. The summed E-state index contributed by atoms with van der Waals surface area (Å²) >= 11 is 0. The van der Waals surface area contributed by atoms with E-state index >= 15 is 0 Å². The lowest BCUT2D eigenvalue weighted by Gasteiger charge is -2.61. The van der Waals surface area contributed by atoms with Crippen LogP contribution in [-0.4, -0.2) is 28.8 Å². The molecular weight excluding hydrogens is 282 g/mol. The maximum atomic E-state index is 12.1. The summed E-state index contributed by atoms with van der Waals surface area (Å²) < 4.78 is 5.73. The third-order valence-electron chi connectivity index (χ3n) is 6.37. The number of carbonyl (C=O) groups is 2. The molecule has 0 saturated heterocycles. The second-order valence-electron chi connectivity index (χ2n) is 8.30. The maximum absolute atomic E-state index is 12.1. The molecule has 1 unspecified atom stereocenters. The number of ether oxygens (including phenoxy) is 1. The van der Waals surface area contributed by atoms with Crippen LogP contribution >= 0.6 is 0 Å². The van der Waals surface area contributed by atoms with Crippen molar-refractivity contribution in [2.24, 2.45) is 23.2 Å². The molecule has 0 heterocycles. The van der Waals surface area contributed by atoms with E-state index < -0.39 is 23.7 Å². The number of carbonyl (C=O) groups excluding carboxylic acids is 1. The van der Waals surface area contributed by atoms with Gasteiger partial charge >= 0.3 is 12.1 Å². The predicted octanol–water partition coefficient (Wildman–Crippen LogP) is 3.18. The van der Waals surface area contributed by atoms with Gasteiger partial charge < -0.3 is 15.2 Å². The SMILES string of the molecule is CC(NC(=O)OC(C)(C)C12CC3CC(CC(C3)C1)C2)C(=O)O. The molecule has 22 heavy (non-hydrogen) atoms. The standard InChI is InChI=1S/C17H27NO4/c1-10(14(19)20)18-15(21)22-16(2,3)17-7-11-4-12(8-17)6-13(5-11)9-17/h10-13H,4-9H2,1-3H3,(H,18,21)(H,19,20). The van der Waals surface area contributed by atoms with Gasteiger partial charge in [-0.05, 0) is 77.0 Å². The van der Waals surface area contributed by atoms with Crippen molar-refractivity contribution in [1.29, 1.82) is 0 Å². The van der Waals surface area contributed by atoms with Gasteiger partial charge in [0.25, 0.3) is 0 Å². The highest BCUT2D eigenvalue weighted by Gasteiger charge is 2.58. The number of rotatable bonds is 4. The number of carboxylic acids is 1. The second-order valence-corrected chi connectivity index (χ2v) is 8.30. The molecule has 0 aliphatic heterocycles. The Labute approximate surface area is 131 Å². The third kappa shape index (κ3) is 2.59. The Hall–Kier alpha value is -1.26. The van der Waals surface area contributed by atoms with Gasteiger partial charge in [-0.1, -0.05) is 0 Å². The number of carboxylic acid groups (broad SMARTS) is 1. The topological polar surface area (TPSA) is 75.6 Å². The summed E-state index contributed by atoms with van der Waals surface area (Å²) in [6.07, 6.45) is 6.86. The van der Waals surface area contributed by atoms with Gasteiger partial charge in [-0.3, -0.25) is 4.79 Å². The monoisotopic (exact) mass is 309 g/mol. The minimum Gasteiger partial charge on any atom is -0.480 e. The fourth-order valence-corrected chi connectivity index (χ4v) is 5.46. The molecule has 5 heteroatoms. The number of hydrogen-bond donors (Lipinski definition) is 2. The normalized spacial score (nSPS) is 37.7. The zero-order valence-corrected chi connectivity index (χ0v) is 13.7. The summed E-state index contributed by atoms with van der Waals surface area (Å²) in [7, 11) is 0. The van der Waals surface area contributed by atoms with Crippen molar-refractivity contribution in [3.05, 3.63) is 0 Å². The highest BCUT2D eigenvalue weighted by Crippen LogP contribution is 2.64. The van der Waals surface area contributed by atoms with E-state index in [1.165, 1.54) is 26.2 Å². The maximum Gasteiger partial charge on any atom is 0.408 e. The number of nitrogens with one attached hydrogen (secondary N) is 1. The average Bonchev–Trinajstić information content (AvgIpc) is 2.35. The van der Waals surface area contributed by atoms with Crippen LogP contribution in [0.2, 0.25) is 0 Å². The molecule has 0 aromatic rings. The molecular formula is C17H27NO4. The van der Waals surface area contributed by atoms with Crippen molar-refractivity contribution in [2.75, 3.05) is 0 Å². The summed E-state index contributed by atoms with van der Waals surface area (Å²) in [5.74, 6) is 1.31. The molecule has 0 aromatic carbocycles. The van der Waals surface area contributed by atoms with E-state index in [1.807, 2.05) is 13.8 Å². The largest absolute Gasteiger partial charge is 0.480 e. The van der Waals surface area contributed by atoms with Crippen molar-refractivity contribution in [3.63, 3.8) is 0 Å². The minimum atomic E-state index is -1.05. The average molecular weight is 309 g/mol. The molecule has 4 rings (SSSR count). The Bertz CT molecular complexity index is 450. The summed E-state index contributed by atoms with van der Waals surface area (Å²) in [5, 5.41) is 11.3. The van der Waals surface area contributed by atoms with Gasteiger partial charge in [0.15, 0.2) is 0 Å². The van der Waals surface area contributed by atoms with Crippen molar-refractivity contribution >= 4 is 12.1 Å². The second kappa shape index (κ2) is 5.14. The van der Waals surface area contributed by atoms with E-state index in [0.717, 1.165) is 37.0 Å². The Balaban J connectivity index is 1.70. The predicted molar refractivity (Wildman–Crippen MR) is 81.4 cm³/mol. The summed E-state index contributed by atoms with van der Waals surface area (Å²) in [6.45, 7) is 5.46. The van der Waals surface area contributed by atoms with E-state index in [4.69, 9.17) is 9.84 Å². The van der Waals surface area contributed by atoms with Crippen LogP contribution in [0.4, 0.5) is 4.79 Å². The summed E-state index contributed by atoms with van der Waals surface area (Å²) in [4.78, 5) is 22.9. The molecule has 4 fully saturated rings. The quantitative estimate of drug-likeness (QED) is 0.836. The number of alkyl carbamates (subject to hydrolysis) is 1. The highest BCUT2D eigenvalue weighted by molar-refractivity contribution is 5.79. The van der Waals surface area contributed by atoms with E-state index in [0.29, 0.717) is 0 Å². The summed E-state index contributed by atoms with van der Waals surface area (Å²) in [6, 6.07) is -0.931. The van der Waals surface area contributed by atoms with Crippen LogP contribution in [0.1, 0.15) is 59.3 Å². The molecule has 0 spiro atoms. The highest BCUT2D eigenvalue weighted by atomic mass is 16.6. The van der Waals surface area contributed by atoms with Gasteiger partial charge in [0, 0.05) is 5.41 Å². The Morgan fingerprint density at radius 3 is 2.00 bits per heavy atom. The fourth-order valence-electron chi connectivity index (χ4n) is 5.46. The number of aliphatic carboxylic acids is 1. The van der Waals surface area contributed by atoms with Gasteiger partial charge in [-0.15, -0.1) is 0 Å². The van der Waals surface area contributed by atoms with Crippen molar-refractivity contribution in [3.8, 4) is 0 Å². The minimum absolute atomic E-state index is 0.0750. The molecule has 4 bridgehead atoms. The van der Waals surface area contributed by atoms with Crippen LogP contribution in [-0.2, 0) is 9.53 Å². The fraction of sp³-hybridized carbons (Fsp3) is 0.882. The molecule has 4 aliphatic rings. The lowest BCUT2D eigenvalue weighted by atomic mass is 9.46. The van der Waals surface area contributed by atoms with E-state index in [2.05, 4.69) is 5.32 Å². The first-order valence-corrected chi connectivity index (χ1v) is 8.43. The van der Waals surface area contributed by atoms with Crippen LogP contribution in [0.15, 0.2) is 0 Å². The smallest absolute Gasteiger partial charge is 0.408 e. The van der Waals surface area contributed by atoms with Crippen molar-refractivity contribution in [1.82, 2.24) is 5.32 Å². The molecule has 1 amide bonds. The molecule has 4 saturated carbocycles. The van der Waals surface area contributed by atoms with Gasteiger partial charge in [-0.2, -0.15) is 0 Å². The first-order valence-electron chi connectivity index (χ1n) is 8.43. The van der Waals surface area contributed by atoms with Gasteiger partial charge in [-0.25, -0.2) is 4.79 Å². The Morgan fingerprint density at radius 1 is 1.14 bits per heavy atom.